The summed E-state index contributed by atoms with van der Waals surface area (Å²) in [6.45, 7) is 9.78. The van der Waals surface area contributed by atoms with Crippen molar-refractivity contribution in [3.63, 3.8) is 0 Å². The average molecular weight is 381 g/mol. The first-order chi connectivity index (χ1) is 12.7. The van der Waals surface area contributed by atoms with Gasteiger partial charge in [0.1, 0.15) is 18.7 Å². The van der Waals surface area contributed by atoms with Crippen LogP contribution < -0.4 is 11.0 Å². The summed E-state index contributed by atoms with van der Waals surface area (Å²) in [5, 5.41) is 12.3. The minimum absolute atomic E-state index is 0.0485. The van der Waals surface area contributed by atoms with Gasteiger partial charge < -0.3 is 19.3 Å². The van der Waals surface area contributed by atoms with E-state index in [0.29, 0.717) is 12.2 Å². The molecule has 150 valence electrons. The van der Waals surface area contributed by atoms with Gasteiger partial charge in [0.15, 0.2) is 0 Å². The number of methoxy groups -OCH3 is 1. The average Bonchev–Trinajstić information content (AvgIpc) is 2.92. The Morgan fingerprint density at radius 3 is 2.81 bits per heavy atom. The Bertz CT molecular complexity index is 735. The van der Waals surface area contributed by atoms with Gasteiger partial charge in [0.2, 0.25) is 0 Å². The van der Waals surface area contributed by atoms with E-state index in [2.05, 4.69) is 16.9 Å². The van der Waals surface area contributed by atoms with Gasteiger partial charge in [-0.05, 0) is 6.92 Å². The van der Waals surface area contributed by atoms with Gasteiger partial charge in [-0.1, -0.05) is 26.5 Å². The zero-order valence-corrected chi connectivity index (χ0v) is 16.1. The molecule has 1 aliphatic heterocycles. The van der Waals surface area contributed by atoms with Gasteiger partial charge in [-0.25, -0.2) is 9.59 Å². The Kier molecular flexibility index (Phi) is 6.74. The molecule has 0 aliphatic carbocycles. The summed E-state index contributed by atoms with van der Waals surface area (Å²) in [5.41, 5.74) is -0.524. The Balaban J connectivity index is 2.11. The van der Waals surface area contributed by atoms with Crippen molar-refractivity contribution >= 4 is 18.0 Å². The normalized spacial score (nSPS) is 22.5. The van der Waals surface area contributed by atoms with Gasteiger partial charge in [0.25, 0.3) is 0 Å². The van der Waals surface area contributed by atoms with E-state index >= 15 is 0 Å². The molecule has 2 N–H and O–H groups in total. The van der Waals surface area contributed by atoms with E-state index in [0.717, 1.165) is 0 Å². The molecular weight excluding hydrogens is 354 g/mol. The van der Waals surface area contributed by atoms with Crippen molar-refractivity contribution in [2.45, 2.75) is 45.6 Å². The van der Waals surface area contributed by atoms with E-state index in [-0.39, 0.29) is 30.4 Å². The highest BCUT2D eigenvalue weighted by atomic mass is 16.6. The van der Waals surface area contributed by atoms with Gasteiger partial charge >= 0.3 is 11.8 Å². The molecular formula is C18H27N3O6. The van der Waals surface area contributed by atoms with Gasteiger partial charge in [0, 0.05) is 30.7 Å². The lowest BCUT2D eigenvalue weighted by atomic mass is 9.96. The number of hydrogen-bond donors (Lipinski definition) is 2. The molecule has 27 heavy (non-hydrogen) atoms. The first-order valence-electron chi connectivity index (χ1n) is 8.68. The lowest BCUT2D eigenvalue weighted by Crippen LogP contribution is -2.31. The van der Waals surface area contributed by atoms with E-state index in [1.165, 1.54) is 16.8 Å². The van der Waals surface area contributed by atoms with Crippen LogP contribution in [0.1, 0.15) is 39.0 Å². The van der Waals surface area contributed by atoms with E-state index in [1.807, 2.05) is 13.8 Å². The van der Waals surface area contributed by atoms with E-state index in [9.17, 15) is 14.7 Å². The second kappa shape index (κ2) is 8.64. The van der Waals surface area contributed by atoms with Crippen LogP contribution in [-0.4, -0.2) is 53.3 Å². The first kappa shape index (κ1) is 21.1. The van der Waals surface area contributed by atoms with Crippen LogP contribution in [0.25, 0.3) is 6.08 Å². The number of anilines is 1. The summed E-state index contributed by atoms with van der Waals surface area (Å²) in [5.74, 6) is 0.0485. The molecule has 2 rings (SSSR count). The summed E-state index contributed by atoms with van der Waals surface area (Å²) >= 11 is 0. The Labute approximate surface area is 158 Å². The fraction of sp³-hybridized carbons (Fsp3) is 0.611. The largest absolute Gasteiger partial charge is 0.449 e. The van der Waals surface area contributed by atoms with Crippen molar-refractivity contribution in [1.29, 1.82) is 0 Å². The third-order valence-electron chi connectivity index (χ3n) is 4.22. The zero-order chi connectivity index (χ0) is 20.2. The molecule has 1 amide bonds. The van der Waals surface area contributed by atoms with Gasteiger partial charge in [0.05, 0.1) is 18.8 Å². The van der Waals surface area contributed by atoms with Crippen LogP contribution in [0.5, 0.6) is 0 Å². The maximum Gasteiger partial charge on any atom is 0.412 e. The number of amides is 1. The number of hydrogen-bond acceptors (Lipinski definition) is 7. The number of ether oxygens (including phenoxy) is 3. The molecule has 1 aromatic rings. The van der Waals surface area contributed by atoms with Crippen molar-refractivity contribution in [1.82, 2.24) is 9.55 Å². The molecule has 0 radical (unpaired) electrons. The maximum absolute atomic E-state index is 12.3. The monoisotopic (exact) mass is 381 g/mol. The van der Waals surface area contributed by atoms with Crippen molar-refractivity contribution in [2.75, 3.05) is 25.6 Å². The molecule has 3 atom stereocenters. The van der Waals surface area contributed by atoms with E-state index in [4.69, 9.17) is 14.2 Å². The van der Waals surface area contributed by atoms with Crippen LogP contribution in [0.2, 0.25) is 0 Å². The molecule has 1 saturated heterocycles. The van der Waals surface area contributed by atoms with Crippen LogP contribution in [0, 0.1) is 5.41 Å². The maximum atomic E-state index is 12.3. The fourth-order valence-electron chi connectivity index (χ4n) is 2.74. The summed E-state index contributed by atoms with van der Waals surface area (Å²) in [4.78, 5) is 28.3. The summed E-state index contributed by atoms with van der Waals surface area (Å²) in [7, 11) is 1.57. The first-order valence-corrected chi connectivity index (χ1v) is 8.68. The highest BCUT2D eigenvalue weighted by molar-refractivity contribution is 5.85. The van der Waals surface area contributed by atoms with Gasteiger partial charge in [-0.2, -0.15) is 4.98 Å². The van der Waals surface area contributed by atoms with Crippen LogP contribution in [-0.2, 0) is 14.2 Å². The molecule has 1 fully saturated rings. The lowest BCUT2D eigenvalue weighted by molar-refractivity contribution is -0.0100. The number of aromatic nitrogens is 2. The Morgan fingerprint density at radius 2 is 2.26 bits per heavy atom. The molecule has 3 unspecified atom stereocenters. The number of carbonyl (C=O) groups is 1. The predicted octanol–water partition coefficient (Wildman–Crippen LogP) is 1.78. The number of aliphatic hydroxyl groups is 1. The second-order valence-corrected chi connectivity index (χ2v) is 7.34. The third kappa shape index (κ3) is 5.38. The molecule has 1 aromatic heterocycles. The van der Waals surface area contributed by atoms with Crippen LogP contribution in [0.4, 0.5) is 10.6 Å². The minimum atomic E-state index is -0.729. The fourth-order valence-corrected chi connectivity index (χ4v) is 2.74. The molecule has 0 bridgehead atoms. The topological polar surface area (TPSA) is 112 Å². The number of aliphatic hydroxyl groups excluding tert-OH is 1. The molecule has 2 heterocycles. The molecule has 0 spiro atoms. The van der Waals surface area contributed by atoms with Crippen molar-refractivity contribution < 1.29 is 24.1 Å². The number of carbonyl (C=O) groups excluding carboxylic acids is 1. The van der Waals surface area contributed by atoms with E-state index in [1.54, 1.807) is 14.0 Å². The molecule has 1 aliphatic rings. The molecule has 0 saturated carbocycles. The van der Waals surface area contributed by atoms with Crippen LogP contribution in [0.15, 0.2) is 17.6 Å². The van der Waals surface area contributed by atoms with E-state index < -0.39 is 24.1 Å². The number of nitrogens with zero attached hydrogens (tertiary/aromatic N) is 2. The standard InChI is InChI=1S/C18H27N3O6/c1-6-12-8-21(14-7-13(22)11(2)27-14)16(23)19-15(12)20-17(24)26-10-18(3,4)9-25-5/h6,8,11,13-14,22H,1,7,9-10H2,2-5H3,(H,19,20,23,24). The molecule has 0 aromatic carbocycles. The van der Waals surface area contributed by atoms with Crippen molar-refractivity contribution in [3.8, 4) is 0 Å². The highest BCUT2D eigenvalue weighted by Gasteiger charge is 2.32. The summed E-state index contributed by atoms with van der Waals surface area (Å²) < 4.78 is 17.1. The summed E-state index contributed by atoms with van der Waals surface area (Å²) in [6.07, 6.45) is 0.847. The number of nitrogens with one attached hydrogen (secondary N) is 1. The van der Waals surface area contributed by atoms with Crippen molar-refractivity contribution in [2.24, 2.45) is 5.41 Å². The predicted molar refractivity (Wildman–Crippen MR) is 99.4 cm³/mol. The zero-order valence-electron chi connectivity index (χ0n) is 16.1. The Hall–Kier alpha value is -2.23. The third-order valence-corrected chi connectivity index (χ3v) is 4.22. The SMILES string of the molecule is C=Cc1cn(C2CC(O)C(C)O2)c(=O)nc1NC(=O)OCC(C)(C)COC. The number of rotatable bonds is 7. The smallest absolute Gasteiger partial charge is 0.412 e. The van der Waals surface area contributed by atoms with Crippen molar-refractivity contribution in [3.05, 3.63) is 28.8 Å². The van der Waals surface area contributed by atoms with Crippen LogP contribution >= 0.6 is 0 Å². The molecule has 9 heteroatoms. The highest BCUT2D eigenvalue weighted by Crippen LogP contribution is 2.28. The van der Waals surface area contributed by atoms with Gasteiger partial charge in [-0.15, -0.1) is 0 Å². The Morgan fingerprint density at radius 1 is 1.56 bits per heavy atom. The minimum Gasteiger partial charge on any atom is -0.449 e. The lowest BCUT2D eigenvalue weighted by Gasteiger charge is -2.23. The summed E-state index contributed by atoms with van der Waals surface area (Å²) in [6, 6.07) is 0. The van der Waals surface area contributed by atoms with Gasteiger partial charge in [-0.3, -0.25) is 9.88 Å². The quantitative estimate of drug-likeness (QED) is 0.740. The molecule has 9 nitrogen and oxygen atoms in total. The second-order valence-electron chi connectivity index (χ2n) is 7.34. The van der Waals surface area contributed by atoms with Crippen LogP contribution in [0.3, 0.4) is 0 Å².